The maximum absolute atomic E-state index is 13.5. The Bertz CT molecular complexity index is 412. The van der Waals surface area contributed by atoms with Crippen molar-refractivity contribution in [1.82, 2.24) is 0 Å². The summed E-state index contributed by atoms with van der Waals surface area (Å²) in [6.07, 6.45) is -14.3. The zero-order chi connectivity index (χ0) is 16.0. The molecule has 0 N–H and O–H groups in total. The van der Waals surface area contributed by atoms with Gasteiger partial charge in [0.25, 0.3) is 0 Å². The van der Waals surface area contributed by atoms with Crippen molar-refractivity contribution in [1.29, 1.82) is 0 Å². The zero-order valence-electron chi connectivity index (χ0n) is 9.33. The van der Waals surface area contributed by atoms with Gasteiger partial charge in [-0.15, -0.1) is 0 Å². The second-order valence-electron chi connectivity index (χ2n) is 3.69. The normalized spacial score (nSPS) is 24.4. The number of alkyl halides is 7. The summed E-state index contributed by atoms with van der Waals surface area (Å²) in [5.41, 5.74) is 0. The highest BCUT2D eigenvalue weighted by atomic mass is 19.3. The van der Waals surface area contributed by atoms with Gasteiger partial charge >= 0.3 is 36.0 Å². The van der Waals surface area contributed by atoms with Crippen LogP contribution in [0.3, 0.4) is 0 Å². The highest BCUT2D eigenvalue weighted by Gasteiger charge is 2.70. The van der Waals surface area contributed by atoms with Crippen molar-refractivity contribution in [2.75, 3.05) is 6.61 Å². The van der Waals surface area contributed by atoms with Crippen molar-refractivity contribution in [3.8, 4) is 0 Å². The summed E-state index contributed by atoms with van der Waals surface area (Å²) >= 11 is 0. The maximum Gasteiger partial charge on any atom is 0.434 e. The van der Waals surface area contributed by atoms with Crippen LogP contribution < -0.4 is 0 Å². The molecule has 1 atom stereocenters. The van der Waals surface area contributed by atoms with Gasteiger partial charge in [-0.1, -0.05) is 0 Å². The summed E-state index contributed by atoms with van der Waals surface area (Å²) in [5, 5.41) is 0. The molecule has 1 aliphatic heterocycles. The average molecular weight is 320 g/mol. The van der Waals surface area contributed by atoms with E-state index in [4.69, 9.17) is 0 Å². The van der Waals surface area contributed by atoms with Crippen LogP contribution in [0, 0.1) is 0 Å². The van der Waals surface area contributed by atoms with Crippen LogP contribution in [-0.4, -0.2) is 30.6 Å². The van der Waals surface area contributed by atoms with E-state index in [2.05, 4.69) is 14.2 Å². The van der Waals surface area contributed by atoms with Crippen LogP contribution in [0.5, 0.6) is 0 Å². The van der Waals surface area contributed by atoms with E-state index in [1.807, 2.05) is 0 Å². The van der Waals surface area contributed by atoms with Crippen LogP contribution >= 0.6 is 0 Å². The minimum atomic E-state index is -5.78. The van der Waals surface area contributed by atoms with E-state index in [0.717, 1.165) is 0 Å². The average Bonchev–Trinajstić information content (AvgIpc) is 2.59. The molecule has 0 amide bonds. The minimum absolute atomic E-state index is 0.466. The van der Waals surface area contributed by atoms with Crippen molar-refractivity contribution < 1.29 is 53.7 Å². The van der Waals surface area contributed by atoms with Crippen molar-refractivity contribution in [2.45, 2.75) is 30.9 Å². The van der Waals surface area contributed by atoms with Crippen LogP contribution in [0.1, 0.15) is 6.92 Å². The molecule has 20 heavy (non-hydrogen) atoms. The van der Waals surface area contributed by atoms with Gasteiger partial charge in [-0.3, -0.25) is 0 Å². The number of hydrogen-bond donors (Lipinski definition) is 0. The minimum Gasteiger partial charge on any atom is -0.454 e. The molecule has 0 aromatic rings. The van der Waals surface area contributed by atoms with E-state index in [0.29, 0.717) is 0 Å². The molecule has 1 saturated heterocycles. The molecule has 0 radical (unpaired) electrons. The molecule has 1 heterocycles. The summed E-state index contributed by atoms with van der Waals surface area (Å²) in [6.45, 7) is -2.43. The number of halogens is 9. The Hall–Kier alpha value is -1.33. The van der Waals surface area contributed by atoms with Gasteiger partial charge in [-0.05, 0) is 0 Å². The van der Waals surface area contributed by atoms with Gasteiger partial charge < -0.3 is 9.47 Å². The predicted octanol–water partition coefficient (Wildman–Crippen LogP) is 3.62. The third-order valence-corrected chi connectivity index (χ3v) is 2.00. The third kappa shape index (κ3) is 2.88. The zero-order valence-corrected chi connectivity index (χ0v) is 9.33. The van der Waals surface area contributed by atoms with E-state index in [1.54, 1.807) is 0 Å². The summed E-state index contributed by atoms with van der Waals surface area (Å²) < 4.78 is 123. The van der Waals surface area contributed by atoms with Gasteiger partial charge in [-0.25, -0.2) is 4.74 Å². The largest absolute Gasteiger partial charge is 0.454 e. The monoisotopic (exact) mass is 320 g/mol. The highest BCUT2D eigenvalue weighted by Crippen LogP contribution is 2.47. The lowest BCUT2D eigenvalue weighted by atomic mass is 10.3. The molecule has 1 aliphatic rings. The fourth-order valence-electron chi connectivity index (χ4n) is 0.928. The van der Waals surface area contributed by atoms with Crippen LogP contribution in [0.2, 0.25) is 0 Å². The van der Waals surface area contributed by atoms with Crippen LogP contribution in [0.25, 0.3) is 0 Å². The topological polar surface area (TPSA) is 27.7 Å². The molecular weight excluding hydrogens is 315 g/mol. The van der Waals surface area contributed by atoms with E-state index >= 15 is 0 Å². The van der Waals surface area contributed by atoms with Crippen LogP contribution in [0.4, 0.5) is 39.5 Å². The first-order valence-electron chi connectivity index (χ1n) is 4.61. The van der Waals surface area contributed by atoms with Gasteiger partial charge in [0.2, 0.25) is 0 Å². The predicted molar refractivity (Wildman–Crippen MR) is 41.7 cm³/mol. The highest BCUT2D eigenvalue weighted by molar-refractivity contribution is 4.96. The molecule has 1 rings (SSSR count). The van der Waals surface area contributed by atoms with Crippen LogP contribution in [-0.2, 0) is 14.2 Å². The van der Waals surface area contributed by atoms with Gasteiger partial charge in [0.1, 0.15) is 0 Å². The van der Waals surface area contributed by atoms with Gasteiger partial charge in [0.15, 0.2) is 6.61 Å². The van der Waals surface area contributed by atoms with Crippen molar-refractivity contribution in [2.24, 2.45) is 0 Å². The first-order chi connectivity index (χ1) is 8.72. The first kappa shape index (κ1) is 16.7. The van der Waals surface area contributed by atoms with E-state index in [-0.39, 0.29) is 0 Å². The molecule has 118 valence electrons. The molecule has 0 aliphatic carbocycles. The van der Waals surface area contributed by atoms with Gasteiger partial charge in [0, 0.05) is 6.92 Å². The number of rotatable bonds is 4. The van der Waals surface area contributed by atoms with Crippen molar-refractivity contribution in [3.05, 3.63) is 12.0 Å². The van der Waals surface area contributed by atoms with Crippen molar-refractivity contribution >= 4 is 0 Å². The second kappa shape index (κ2) is 4.60. The Kier molecular flexibility index (Phi) is 3.85. The first-order valence-corrected chi connectivity index (χ1v) is 4.61. The maximum atomic E-state index is 13.5. The third-order valence-electron chi connectivity index (χ3n) is 2.00. The lowest BCUT2D eigenvalue weighted by molar-refractivity contribution is -0.470. The van der Waals surface area contributed by atoms with E-state index < -0.39 is 49.6 Å². The Balaban J connectivity index is 2.98. The Morgan fingerprint density at radius 1 is 1.15 bits per heavy atom. The Morgan fingerprint density at radius 2 is 1.65 bits per heavy atom. The quantitative estimate of drug-likeness (QED) is 0.741. The molecule has 0 bridgehead atoms. The number of ether oxygens (including phenoxy) is 3. The fraction of sp³-hybridized carbons (Fsp3) is 0.750. The SMILES string of the molecule is CC(F)(F)C(F)(F)OC(F)(F)C1(F)COC(=C(F)F)O1. The smallest absolute Gasteiger partial charge is 0.434 e. The van der Waals surface area contributed by atoms with E-state index in [1.165, 1.54) is 0 Å². The summed E-state index contributed by atoms with van der Waals surface area (Å²) in [6, 6.07) is 0. The fourth-order valence-corrected chi connectivity index (χ4v) is 0.928. The second-order valence-corrected chi connectivity index (χ2v) is 3.69. The lowest BCUT2D eigenvalue weighted by Crippen LogP contribution is -2.55. The summed E-state index contributed by atoms with van der Waals surface area (Å²) in [5.74, 6) is -11.7. The molecular formula is C8H5F9O3. The molecule has 1 fully saturated rings. The summed E-state index contributed by atoms with van der Waals surface area (Å²) in [7, 11) is 0. The molecule has 1 unspecified atom stereocenters. The molecule has 0 saturated carbocycles. The number of hydrogen-bond acceptors (Lipinski definition) is 3. The molecule has 12 heteroatoms. The Labute approximate surface area is 104 Å². The molecule has 3 nitrogen and oxygen atoms in total. The van der Waals surface area contributed by atoms with Crippen LogP contribution in [0.15, 0.2) is 12.0 Å². The Morgan fingerprint density at radius 3 is 2.00 bits per heavy atom. The lowest BCUT2D eigenvalue weighted by Gasteiger charge is -2.31. The molecule has 0 aromatic heterocycles. The molecule has 0 aromatic carbocycles. The molecule has 0 spiro atoms. The summed E-state index contributed by atoms with van der Waals surface area (Å²) in [4.78, 5) is 0. The van der Waals surface area contributed by atoms with E-state index in [9.17, 15) is 39.5 Å². The standard InChI is InChI=1S/C8H5F9O3/c1-5(11,12)7(14,15)20-8(16,17)6(13)2-18-4(19-6)3(9)10/h2H2,1H3. The van der Waals surface area contributed by atoms with Crippen molar-refractivity contribution in [3.63, 3.8) is 0 Å². The van der Waals surface area contributed by atoms with Gasteiger partial charge in [0.05, 0.1) is 0 Å². The van der Waals surface area contributed by atoms with Gasteiger partial charge in [-0.2, -0.15) is 39.5 Å².